The average Bonchev–Trinajstić information content (AvgIpc) is 3.43. The molecule has 1 aliphatic rings. The highest BCUT2D eigenvalue weighted by molar-refractivity contribution is 7.92. The Hall–Kier alpha value is -3.98. The van der Waals surface area contributed by atoms with Crippen molar-refractivity contribution in [1.82, 2.24) is 20.1 Å². The highest BCUT2D eigenvalue weighted by atomic mass is 32.2. The van der Waals surface area contributed by atoms with Crippen LogP contribution in [0, 0.1) is 0 Å². The number of pyridine rings is 1. The summed E-state index contributed by atoms with van der Waals surface area (Å²) in [5, 5.41) is 7.76. The van der Waals surface area contributed by atoms with Gasteiger partial charge in [0, 0.05) is 47.9 Å². The van der Waals surface area contributed by atoms with Gasteiger partial charge in [-0.3, -0.25) is 14.1 Å². The summed E-state index contributed by atoms with van der Waals surface area (Å²) < 4.78 is 27.6. The SMILES string of the molecule is CC1Cc2cc(C(=O)NCc3cn(-c4ccccc4)nc3-c3ccncc3)ccc2N1S(C)(=O)=O. The van der Waals surface area contributed by atoms with Gasteiger partial charge in [0.1, 0.15) is 0 Å². The molecule has 0 bridgehead atoms. The molecule has 2 aromatic carbocycles. The molecule has 178 valence electrons. The first-order valence-electron chi connectivity index (χ1n) is 11.3. The number of nitrogens with zero attached hydrogens (tertiary/aromatic N) is 4. The number of benzene rings is 2. The fraction of sp³-hybridized carbons (Fsp3) is 0.192. The van der Waals surface area contributed by atoms with Crippen molar-refractivity contribution in [3.05, 3.63) is 95.9 Å². The van der Waals surface area contributed by atoms with E-state index < -0.39 is 10.0 Å². The largest absolute Gasteiger partial charge is 0.348 e. The summed E-state index contributed by atoms with van der Waals surface area (Å²) in [7, 11) is -3.38. The van der Waals surface area contributed by atoms with Crippen LogP contribution in [0.4, 0.5) is 5.69 Å². The van der Waals surface area contributed by atoms with E-state index in [0.717, 1.165) is 28.1 Å². The Labute approximate surface area is 204 Å². The summed E-state index contributed by atoms with van der Waals surface area (Å²) in [6.07, 6.45) is 7.11. The van der Waals surface area contributed by atoms with Crippen LogP contribution >= 0.6 is 0 Å². The van der Waals surface area contributed by atoms with Crippen LogP contribution in [-0.2, 0) is 23.0 Å². The number of anilines is 1. The fourth-order valence-corrected chi connectivity index (χ4v) is 5.80. The minimum atomic E-state index is -3.38. The highest BCUT2D eigenvalue weighted by Crippen LogP contribution is 2.34. The molecule has 1 unspecified atom stereocenters. The molecule has 0 aliphatic carbocycles. The van der Waals surface area contributed by atoms with Crippen LogP contribution in [0.15, 0.2) is 79.3 Å². The second-order valence-electron chi connectivity index (χ2n) is 8.66. The Balaban J connectivity index is 1.40. The molecule has 3 heterocycles. The Morgan fingerprint density at radius 1 is 1.09 bits per heavy atom. The van der Waals surface area contributed by atoms with Gasteiger partial charge in [0.2, 0.25) is 10.0 Å². The molecule has 5 rings (SSSR count). The topological polar surface area (TPSA) is 97.2 Å². The maximum atomic E-state index is 13.0. The molecule has 0 radical (unpaired) electrons. The summed E-state index contributed by atoms with van der Waals surface area (Å²) in [6.45, 7) is 2.15. The summed E-state index contributed by atoms with van der Waals surface area (Å²) >= 11 is 0. The van der Waals surface area contributed by atoms with Crippen molar-refractivity contribution in [2.75, 3.05) is 10.6 Å². The zero-order valence-corrected chi connectivity index (χ0v) is 20.2. The van der Waals surface area contributed by atoms with Gasteiger partial charge in [-0.25, -0.2) is 13.1 Å². The first-order chi connectivity index (χ1) is 16.8. The first-order valence-corrected chi connectivity index (χ1v) is 13.1. The van der Waals surface area contributed by atoms with Gasteiger partial charge < -0.3 is 5.32 Å². The monoisotopic (exact) mass is 487 g/mol. The minimum Gasteiger partial charge on any atom is -0.348 e. The van der Waals surface area contributed by atoms with Crippen LogP contribution in [0.5, 0.6) is 0 Å². The molecule has 1 amide bonds. The number of hydrogen-bond donors (Lipinski definition) is 1. The lowest BCUT2D eigenvalue weighted by atomic mass is 10.1. The molecule has 1 atom stereocenters. The predicted octanol–water partition coefficient (Wildman–Crippen LogP) is 3.57. The van der Waals surface area contributed by atoms with Crippen molar-refractivity contribution in [2.45, 2.75) is 25.9 Å². The molecule has 1 N–H and O–H groups in total. The van der Waals surface area contributed by atoms with Gasteiger partial charge in [-0.05, 0) is 61.4 Å². The molecule has 9 heteroatoms. The van der Waals surface area contributed by atoms with Crippen molar-refractivity contribution in [3.63, 3.8) is 0 Å². The third-order valence-corrected chi connectivity index (χ3v) is 7.33. The molecule has 0 spiro atoms. The Bertz CT molecular complexity index is 1480. The van der Waals surface area contributed by atoms with E-state index >= 15 is 0 Å². The van der Waals surface area contributed by atoms with Crippen molar-refractivity contribution in [1.29, 1.82) is 0 Å². The lowest BCUT2D eigenvalue weighted by Crippen LogP contribution is -2.34. The van der Waals surface area contributed by atoms with E-state index in [-0.39, 0.29) is 18.5 Å². The minimum absolute atomic E-state index is 0.176. The standard InChI is InChI=1S/C26H25N5O3S/c1-18-14-21-15-20(8-9-24(21)31(18)35(2,33)34)26(32)28-16-22-17-30(23-6-4-3-5-7-23)29-25(22)19-10-12-27-13-11-19/h3-13,15,17-18H,14,16H2,1-2H3,(H,28,32). The maximum Gasteiger partial charge on any atom is 0.251 e. The zero-order valence-electron chi connectivity index (χ0n) is 19.4. The number of amides is 1. The Morgan fingerprint density at radius 2 is 1.83 bits per heavy atom. The van der Waals surface area contributed by atoms with Gasteiger partial charge in [0.05, 0.1) is 23.3 Å². The van der Waals surface area contributed by atoms with Crippen LogP contribution in [0.1, 0.15) is 28.4 Å². The second-order valence-corrected chi connectivity index (χ2v) is 10.5. The zero-order chi connectivity index (χ0) is 24.6. The molecule has 35 heavy (non-hydrogen) atoms. The number of sulfonamides is 1. The van der Waals surface area contributed by atoms with Gasteiger partial charge in [0.25, 0.3) is 5.91 Å². The number of carbonyl (C=O) groups excluding carboxylic acids is 1. The molecule has 1 aliphatic heterocycles. The number of rotatable bonds is 6. The van der Waals surface area contributed by atoms with Gasteiger partial charge in [-0.2, -0.15) is 5.10 Å². The highest BCUT2D eigenvalue weighted by Gasteiger charge is 2.32. The maximum absolute atomic E-state index is 13.0. The predicted molar refractivity (Wildman–Crippen MR) is 135 cm³/mol. The van der Waals surface area contributed by atoms with Crippen molar-refractivity contribution in [3.8, 4) is 16.9 Å². The molecule has 0 saturated carbocycles. The molecule has 0 saturated heterocycles. The summed E-state index contributed by atoms with van der Waals surface area (Å²) in [6, 6.07) is 18.5. The number of fused-ring (bicyclic) bond motifs is 1. The van der Waals surface area contributed by atoms with Gasteiger partial charge in [0.15, 0.2) is 0 Å². The lowest BCUT2D eigenvalue weighted by molar-refractivity contribution is 0.0951. The molecular weight excluding hydrogens is 462 g/mol. The summed E-state index contributed by atoms with van der Waals surface area (Å²) in [5.74, 6) is -0.230. The number of hydrogen-bond acceptors (Lipinski definition) is 5. The van der Waals surface area contributed by atoms with Crippen molar-refractivity contribution < 1.29 is 13.2 Å². The number of nitrogens with one attached hydrogen (secondary N) is 1. The second kappa shape index (κ2) is 8.99. The van der Waals surface area contributed by atoms with Crippen LogP contribution in [0.2, 0.25) is 0 Å². The van der Waals surface area contributed by atoms with E-state index in [1.54, 1.807) is 35.3 Å². The Morgan fingerprint density at radius 3 is 2.54 bits per heavy atom. The molecule has 0 fully saturated rings. The van der Waals surface area contributed by atoms with E-state index in [2.05, 4.69) is 10.3 Å². The van der Waals surface area contributed by atoms with Gasteiger partial charge in [-0.15, -0.1) is 0 Å². The summed E-state index contributed by atoms with van der Waals surface area (Å²) in [4.78, 5) is 17.1. The third kappa shape index (κ3) is 4.54. The van der Waals surface area contributed by atoms with E-state index in [0.29, 0.717) is 17.7 Å². The van der Waals surface area contributed by atoms with Crippen LogP contribution in [-0.4, -0.2) is 41.4 Å². The van der Waals surface area contributed by atoms with Gasteiger partial charge >= 0.3 is 0 Å². The molecule has 8 nitrogen and oxygen atoms in total. The van der Waals surface area contributed by atoms with E-state index in [1.807, 2.05) is 55.6 Å². The van der Waals surface area contributed by atoms with Crippen LogP contribution < -0.4 is 9.62 Å². The fourth-order valence-electron chi connectivity index (χ4n) is 4.53. The van der Waals surface area contributed by atoms with E-state index in [4.69, 9.17) is 5.10 Å². The van der Waals surface area contributed by atoms with Crippen molar-refractivity contribution >= 4 is 21.6 Å². The number of aromatic nitrogens is 3. The molecule has 2 aromatic heterocycles. The molecule has 4 aromatic rings. The first kappa shape index (κ1) is 22.8. The third-order valence-electron chi connectivity index (χ3n) is 6.06. The normalized spacial score (nSPS) is 15.1. The van der Waals surface area contributed by atoms with E-state index in [9.17, 15) is 13.2 Å². The summed E-state index contributed by atoms with van der Waals surface area (Å²) in [5.41, 5.74) is 5.45. The average molecular weight is 488 g/mol. The molecular formula is C26H25N5O3S. The Kier molecular flexibility index (Phi) is 5.86. The quantitative estimate of drug-likeness (QED) is 0.448. The van der Waals surface area contributed by atoms with Crippen LogP contribution in [0.25, 0.3) is 16.9 Å². The smallest absolute Gasteiger partial charge is 0.251 e. The number of para-hydroxylation sites is 1. The van der Waals surface area contributed by atoms with Crippen LogP contribution in [0.3, 0.4) is 0 Å². The van der Waals surface area contributed by atoms with Crippen molar-refractivity contribution in [2.24, 2.45) is 0 Å². The van der Waals surface area contributed by atoms with E-state index in [1.165, 1.54) is 10.6 Å². The lowest BCUT2D eigenvalue weighted by Gasteiger charge is -2.21. The number of carbonyl (C=O) groups is 1. The van der Waals surface area contributed by atoms with Gasteiger partial charge in [-0.1, -0.05) is 18.2 Å².